The Bertz CT molecular complexity index is 88.9. The van der Waals surface area contributed by atoms with Crippen LogP contribution in [0.4, 0.5) is 0 Å². The van der Waals surface area contributed by atoms with Gasteiger partial charge < -0.3 is 5.32 Å². The fourth-order valence-electron chi connectivity index (χ4n) is 0.382. The SMILES string of the molecule is C=C(C)NCN(C)CC. The average Bonchev–Trinajstić information content (AvgIpc) is 1.83. The van der Waals surface area contributed by atoms with E-state index in [4.69, 9.17) is 0 Å². The first kappa shape index (κ1) is 8.50. The molecule has 1 N–H and O–H groups in total. The van der Waals surface area contributed by atoms with Gasteiger partial charge in [0.2, 0.25) is 0 Å². The van der Waals surface area contributed by atoms with Gasteiger partial charge in [-0.15, -0.1) is 0 Å². The topological polar surface area (TPSA) is 15.3 Å². The maximum absolute atomic E-state index is 3.72. The summed E-state index contributed by atoms with van der Waals surface area (Å²) in [5, 5.41) is 3.13. The zero-order chi connectivity index (χ0) is 7.28. The third kappa shape index (κ3) is 5.37. The van der Waals surface area contributed by atoms with Crippen molar-refractivity contribution < 1.29 is 0 Å². The zero-order valence-corrected chi connectivity index (χ0v) is 6.57. The molecule has 0 bridgehead atoms. The van der Waals surface area contributed by atoms with Crippen molar-refractivity contribution in [3.63, 3.8) is 0 Å². The molecule has 54 valence electrons. The molecule has 0 unspecified atom stereocenters. The lowest BCUT2D eigenvalue weighted by molar-refractivity contribution is 0.336. The van der Waals surface area contributed by atoms with Gasteiger partial charge in [-0.3, -0.25) is 4.90 Å². The molecule has 0 saturated heterocycles. The normalized spacial score (nSPS) is 9.78. The van der Waals surface area contributed by atoms with Crippen LogP contribution in [0, 0.1) is 0 Å². The maximum atomic E-state index is 3.72. The molecule has 0 aliphatic heterocycles. The van der Waals surface area contributed by atoms with Gasteiger partial charge in [-0.2, -0.15) is 0 Å². The van der Waals surface area contributed by atoms with Crippen LogP contribution in [0.25, 0.3) is 0 Å². The van der Waals surface area contributed by atoms with Crippen LogP contribution in [-0.4, -0.2) is 25.2 Å². The molecule has 2 nitrogen and oxygen atoms in total. The first-order valence-corrected chi connectivity index (χ1v) is 3.24. The standard InChI is InChI=1S/C7H16N2/c1-5-9(4)6-8-7(2)3/h8H,2,5-6H2,1,3-4H3. The van der Waals surface area contributed by atoms with Crippen LogP contribution in [-0.2, 0) is 0 Å². The minimum Gasteiger partial charge on any atom is -0.376 e. The second-order valence-corrected chi connectivity index (χ2v) is 2.29. The molecule has 0 aliphatic carbocycles. The minimum absolute atomic E-state index is 0.895. The summed E-state index contributed by atoms with van der Waals surface area (Å²) in [6.45, 7) is 9.77. The highest BCUT2D eigenvalue weighted by Crippen LogP contribution is 1.80. The molecule has 0 aromatic carbocycles. The van der Waals surface area contributed by atoms with E-state index in [1.165, 1.54) is 0 Å². The van der Waals surface area contributed by atoms with Crippen LogP contribution in [0.2, 0.25) is 0 Å². The lowest BCUT2D eigenvalue weighted by Crippen LogP contribution is -2.29. The van der Waals surface area contributed by atoms with Crippen molar-refractivity contribution >= 4 is 0 Å². The van der Waals surface area contributed by atoms with E-state index in [1.54, 1.807) is 0 Å². The molecule has 0 saturated carbocycles. The van der Waals surface area contributed by atoms with Crippen molar-refractivity contribution in [3.05, 3.63) is 12.3 Å². The highest BCUT2D eigenvalue weighted by atomic mass is 15.2. The van der Waals surface area contributed by atoms with Gasteiger partial charge in [-0.1, -0.05) is 13.5 Å². The number of allylic oxidation sites excluding steroid dienone is 1. The molecular weight excluding hydrogens is 112 g/mol. The quantitative estimate of drug-likeness (QED) is 0.569. The van der Waals surface area contributed by atoms with Gasteiger partial charge in [0.25, 0.3) is 0 Å². The molecule has 0 atom stereocenters. The Morgan fingerprint density at radius 2 is 2.22 bits per heavy atom. The predicted octanol–water partition coefficient (Wildman–Crippen LogP) is 1.02. The predicted molar refractivity (Wildman–Crippen MR) is 41.1 cm³/mol. The molecule has 0 radical (unpaired) electrons. The van der Waals surface area contributed by atoms with Crippen molar-refractivity contribution in [2.45, 2.75) is 13.8 Å². The van der Waals surface area contributed by atoms with E-state index in [0.717, 1.165) is 18.9 Å². The molecule has 0 aliphatic rings. The number of rotatable bonds is 4. The first-order valence-electron chi connectivity index (χ1n) is 3.24. The summed E-state index contributed by atoms with van der Waals surface area (Å²) in [7, 11) is 2.07. The Morgan fingerprint density at radius 3 is 2.56 bits per heavy atom. The minimum atomic E-state index is 0.895. The second-order valence-electron chi connectivity index (χ2n) is 2.29. The van der Waals surface area contributed by atoms with Crippen LogP contribution >= 0.6 is 0 Å². The van der Waals surface area contributed by atoms with Gasteiger partial charge in [0.15, 0.2) is 0 Å². The summed E-state index contributed by atoms with van der Waals surface area (Å²) in [4.78, 5) is 2.18. The van der Waals surface area contributed by atoms with Crippen molar-refractivity contribution in [3.8, 4) is 0 Å². The van der Waals surface area contributed by atoms with Gasteiger partial charge in [-0.05, 0) is 20.5 Å². The monoisotopic (exact) mass is 128 g/mol. The van der Waals surface area contributed by atoms with E-state index >= 15 is 0 Å². The van der Waals surface area contributed by atoms with Crippen LogP contribution in [0.1, 0.15) is 13.8 Å². The number of hydrogen-bond acceptors (Lipinski definition) is 2. The van der Waals surface area contributed by atoms with Gasteiger partial charge in [-0.25, -0.2) is 0 Å². The number of hydrogen-bond donors (Lipinski definition) is 1. The molecular formula is C7H16N2. The number of nitrogens with zero attached hydrogens (tertiary/aromatic N) is 1. The van der Waals surface area contributed by atoms with E-state index in [0.29, 0.717) is 0 Å². The first-order chi connectivity index (χ1) is 4.16. The summed E-state index contributed by atoms with van der Waals surface area (Å²) >= 11 is 0. The van der Waals surface area contributed by atoms with Crippen molar-refractivity contribution in [1.29, 1.82) is 0 Å². The Hall–Kier alpha value is -0.500. The van der Waals surface area contributed by atoms with Crippen LogP contribution in [0.15, 0.2) is 12.3 Å². The third-order valence-electron chi connectivity index (χ3n) is 1.19. The van der Waals surface area contributed by atoms with E-state index in [9.17, 15) is 0 Å². The Morgan fingerprint density at radius 1 is 1.67 bits per heavy atom. The molecule has 0 heterocycles. The highest BCUT2D eigenvalue weighted by Gasteiger charge is 1.89. The second kappa shape index (κ2) is 4.39. The zero-order valence-electron chi connectivity index (χ0n) is 6.57. The molecule has 0 aromatic heterocycles. The highest BCUT2D eigenvalue weighted by molar-refractivity contribution is 4.83. The van der Waals surface area contributed by atoms with Crippen molar-refractivity contribution in [2.75, 3.05) is 20.3 Å². The summed E-state index contributed by atoms with van der Waals surface area (Å²) in [6.07, 6.45) is 0. The Balaban J connectivity index is 3.16. The lowest BCUT2D eigenvalue weighted by Gasteiger charge is -2.14. The van der Waals surface area contributed by atoms with E-state index in [-0.39, 0.29) is 0 Å². The molecule has 0 spiro atoms. The Labute approximate surface area is 57.5 Å². The Kier molecular flexibility index (Phi) is 4.14. The number of nitrogens with one attached hydrogen (secondary N) is 1. The van der Waals surface area contributed by atoms with Gasteiger partial charge in [0.1, 0.15) is 0 Å². The molecule has 0 aromatic rings. The third-order valence-corrected chi connectivity index (χ3v) is 1.19. The van der Waals surface area contributed by atoms with E-state index in [2.05, 4.69) is 30.8 Å². The maximum Gasteiger partial charge on any atom is 0.0672 e. The molecule has 9 heavy (non-hydrogen) atoms. The van der Waals surface area contributed by atoms with Crippen molar-refractivity contribution in [2.24, 2.45) is 0 Å². The summed E-state index contributed by atoms with van der Waals surface area (Å²) in [6, 6.07) is 0. The van der Waals surface area contributed by atoms with Crippen LogP contribution < -0.4 is 5.32 Å². The molecule has 0 amide bonds. The smallest absolute Gasteiger partial charge is 0.0672 e. The van der Waals surface area contributed by atoms with Crippen LogP contribution in [0.3, 0.4) is 0 Å². The van der Waals surface area contributed by atoms with Crippen LogP contribution in [0.5, 0.6) is 0 Å². The van der Waals surface area contributed by atoms with Gasteiger partial charge in [0.05, 0.1) is 6.67 Å². The summed E-state index contributed by atoms with van der Waals surface area (Å²) in [5.41, 5.74) is 1.02. The van der Waals surface area contributed by atoms with Gasteiger partial charge in [0, 0.05) is 5.70 Å². The average molecular weight is 128 g/mol. The molecule has 0 fully saturated rings. The van der Waals surface area contributed by atoms with E-state index in [1.807, 2.05) is 6.92 Å². The summed E-state index contributed by atoms with van der Waals surface area (Å²) in [5.74, 6) is 0. The lowest BCUT2D eigenvalue weighted by atomic mass is 10.5. The van der Waals surface area contributed by atoms with Gasteiger partial charge >= 0.3 is 0 Å². The fourth-order valence-corrected chi connectivity index (χ4v) is 0.382. The van der Waals surface area contributed by atoms with Crippen molar-refractivity contribution in [1.82, 2.24) is 10.2 Å². The largest absolute Gasteiger partial charge is 0.376 e. The van der Waals surface area contributed by atoms with E-state index < -0.39 is 0 Å². The molecule has 2 heteroatoms. The molecule has 0 rings (SSSR count). The fraction of sp³-hybridized carbons (Fsp3) is 0.714. The summed E-state index contributed by atoms with van der Waals surface area (Å²) < 4.78 is 0.